The number of carbonyl (C=O) groups is 2. The maximum Gasteiger partial charge on any atom is 0.328 e. The Morgan fingerprint density at radius 2 is 1.00 bits per heavy atom. The first kappa shape index (κ1) is 31.3. The van der Waals surface area contributed by atoms with Crippen LogP contribution in [0.1, 0.15) is 101 Å². The zero-order valence-electron chi connectivity index (χ0n) is 25.6. The van der Waals surface area contributed by atoms with Gasteiger partial charge in [-0.1, -0.05) is 41.5 Å². The lowest BCUT2D eigenvalue weighted by Crippen LogP contribution is -2.32. The Hall–Kier alpha value is -3.68. The molecule has 0 amide bonds. The smallest absolute Gasteiger partial charge is 0.328 e. The molecule has 2 atom stereocenters. The summed E-state index contributed by atoms with van der Waals surface area (Å²) in [6.07, 6.45) is 9.90. The molecule has 0 aromatic heterocycles. The Bertz CT molecular complexity index is 1330. The fourth-order valence-corrected chi connectivity index (χ4v) is 6.19. The number of hydrogen-bond acceptors (Lipinski definition) is 6. The Kier molecular flexibility index (Phi) is 8.86. The molecular formula is C34H44N2O6. The first-order chi connectivity index (χ1) is 19.6. The van der Waals surface area contributed by atoms with E-state index in [-0.39, 0.29) is 11.5 Å². The molecule has 0 bridgehead atoms. The van der Waals surface area contributed by atoms with Gasteiger partial charge in [0.2, 0.25) is 0 Å². The van der Waals surface area contributed by atoms with Crippen molar-refractivity contribution in [2.45, 2.75) is 105 Å². The van der Waals surface area contributed by atoms with Crippen LogP contribution >= 0.6 is 0 Å². The third-order valence-electron chi connectivity index (χ3n) is 8.39. The zero-order valence-corrected chi connectivity index (χ0v) is 25.6. The lowest BCUT2D eigenvalue weighted by molar-refractivity contribution is -0.141. The van der Waals surface area contributed by atoms with Crippen molar-refractivity contribution in [3.63, 3.8) is 0 Å². The number of fused-ring (bicyclic) bond motifs is 2. The molecule has 2 aromatic carbocycles. The lowest BCUT2D eigenvalue weighted by atomic mass is 9.78. The SMILES string of the molecule is CC(C)(C)[C@H](N=Cc1cc2c(c(-c3c(O)c(C=N[C@H](C(=O)O)C(C)(C)C)cc4c3CCCC4)c1O)CCCC2)C(=O)O. The minimum atomic E-state index is -1.04. The number of aliphatic imine (C=N–C) groups is 2. The number of aliphatic carboxylic acids is 2. The van der Waals surface area contributed by atoms with Crippen LogP contribution in [0.25, 0.3) is 11.1 Å². The average molecular weight is 577 g/mol. The molecule has 4 rings (SSSR count). The molecule has 2 aliphatic carbocycles. The van der Waals surface area contributed by atoms with E-state index in [1.54, 1.807) is 0 Å². The van der Waals surface area contributed by atoms with E-state index >= 15 is 0 Å². The van der Waals surface area contributed by atoms with Gasteiger partial charge in [0.25, 0.3) is 0 Å². The molecule has 0 unspecified atom stereocenters. The minimum absolute atomic E-state index is 0.0345. The van der Waals surface area contributed by atoms with Crippen molar-refractivity contribution in [3.05, 3.63) is 45.5 Å². The largest absolute Gasteiger partial charge is 0.507 e. The summed E-state index contributed by atoms with van der Waals surface area (Å²) in [5, 5.41) is 43.2. The number of benzene rings is 2. The number of phenolic OH excluding ortho intramolecular Hbond substituents is 2. The third-order valence-corrected chi connectivity index (χ3v) is 8.39. The van der Waals surface area contributed by atoms with Crippen molar-refractivity contribution in [1.29, 1.82) is 0 Å². The Balaban J connectivity index is 1.97. The molecule has 42 heavy (non-hydrogen) atoms. The van der Waals surface area contributed by atoms with Gasteiger partial charge >= 0.3 is 11.9 Å². The Morgan fingerprint density at radius 1 is 0.667 bits per heavy atom. The highest BCUT2D eigenvalue weighted by Gasteiger charge is 2.33. The number of nitrogens with zero attached hydrogens (tertiary/aromatic N) is 2. The van der Waals surface area contributed by atoms with Crippen LogP contribution in [0.2, 0.25) is 0 Å². The maximum absolute atomic E-state index is 12.0. The normalized spacial score (nSPS) is 17.2. The van der Waals surface area contributed by atoms with Crippen molar-refractivity contribution >= 4 is 24.4 Å². The molecule has 0 radical (unpaired) electrons. The van der Waals surface area contributed by atoms with Gasteiger partial charge in [-0.15, -0.1) is 0 Å². The van der Waals surface area contributed by atoms with Crippen LogP contribution in [0.3, 0.4) is 0 Å². The van der Waals surface area contributed by atoms with Crippen LogP contribution in [0.4, 0.5) is 0 Å². The lowest BCUT2D eigenvalue weighted by Gasteiger charge is -2.28. The first-order valence-electron chi connectivity index (χ1n) is 14.9. The number of phenols is 2. The van der Waals surface area contributed by atoms with E-state index in [0.29, 0.717) is 22.3 Å². The molecule has 226 valence electrons. The summed E-state index contributed by atoms with van der Waals surface area (Å²) in [7, 11) is 0. The van der Waals surface area contributed by atoms with Gasteiger partial charge in [0.15, 0.2) is 12.1 Å². The van der Waals surface area contributed by atoms with E-state index in [4.69, 9.17) is 0 Å². The van der Waals surface area contributed by atoms with Crippen LogP contribution in [0.15, 0.2) is 22.1 Å². The molecule has 4 N–H and O–H groups in total. The van der Waals surface area contributed by atoms with Gasteiger partial charge in [-0.2, -0.15) is 0 Å². The van der Waals surface area contributed by atoms with Crippen molar-refractivity contribution in [2.24, 2.45) is 20.8 Å². The summed E-state index contributed by atoms with van der Waals surface area (Å²) in [6, 6.07) is 1.80. The van der Waals surface area contributed by atoms with Crippen LogP contribution in [-0.2, 0) is 35.3 Å². The van der Waals surface area contributed by atoms with Gasteiger partial charge in [-0.3, -0.25) is 9.98 Å². The summed E-state index contributed by atoms with van der Waals surface area (Å²) in [5.74, 6) is -2.14. The summed E-state index contributed by atoms with van der Waals surface area (Å²) in [6.45, 7) is 10.9. The second-order valence-electron chi connectivity index (χ2n) is 13.8. The number of rotatable bonds is 7. The summed E-state index contributed by atoms with van der Waals surface area (Å²) < 4.78 is 0. The van der Waals surface area contributed by atoms with Gasteiger partial charge < -0.3 is 20.4 Å². The monoisotopic (exact) mass is 576 g/mol. The fourth-order valence-electron chi connectivity index (χ4n) is 6.19. The van der Waals surface area contributed by atoms with Gasteiger partial charge in [-0.05, 0) is 96.6 Å². The molecule has 0 heterocycles. The fraction of sp³-hybridized carbons (Fsp3) is 0.529. The quantitative estimate of drug-likeness (QED) is 0.283. The number of carboxylic acid groups (broad SMARTS) is 2. The average Bonchev–Trinajstić information content (AvgIpc) is 2.88. The summed E-state index contributed by atoms with van der Waals surface area (Å²) >= 11 is 0. The summed E-state index contributed by atoms with van der Waals surface area (Å²) in [4.78, 5) is 32.7. The zero-order chi connectivity index (χ0) is 31.0. The molecule has 0 aliphatic heterocycles. The van der Waals surface area contributed by atoms with Gasteiger partial charge in [-0.25, -0.2) is 9.59 Å². The number of hydrogen-bond donors (Lipinski definition) is 4. The molecule has 0 spiro atoms. The van der Waals surface area contributed by atoms with Crippen molar-refractivity contribution < 1.29 is 30.0 Å². The van der Waals surface area contributed by atoms with Crippen molar-refractivity contribution in [3.8, 4) is 22.6 Å². The van der Waals surface area contributed by atoms with Gasteiger partial charge in [0.05, 0.1) is 0 Å². The molecule has 0 saturated carbocycles. The maximum atomic E-state index is 12.0. The van der Waals surface area contributed by atoms with E-state index < -0.39 is 34.9 Å². The molecule has 8 nitrogen and oxygen atoms in total. The Labute approximate surface area is 248 Å². The minimum Gasteiger partial charge on any atom is -0.507 e. The number of aromatic hydroxyl groups is 2. The first-order valence-corrected chi connectivity index (χ1v) is 14.9. The molecule has 2 aliphatic rings. The van der Waals surface area contributed by atoms with E-state index in [0.717, 1.165) is 73.6 Å². The second kappa shape index (κ2) is 11.9. The highest BCUT2D eigenvalue weighted by Crippen LogP contribution is 2.48. The Morgan fingerprint density at radius 3 is 1.31 bits per heavy atom. The highest BCUT2D eigenvalue weighted by molar-refractivity contribution is 5.97. The van der Waals surface area contributed by atoms with Crippen molar-refractivity contribution in [2.75, 3.05) is 0 Å². The molecular weight excluding hydrogens is 532 g/mol. The van der Waals surface area contributed by atoms with Crippen LogP contribution in [-0.4, -0.2) is 56.9 Å². The molecule has 0 saturated heterocycles. The highest BCUT2D eigenvalue weighted by atomic mass is 16.4. The molecule has 2 aromatic rings. The predicted molar refractivity (Wildman–Crippen MR) is 165 cm³/mol. The van der Waals surface area contributed by atoms with Crippen LogP contribution in [0.5, 0.6) is 11.5 Å². The number of aryl methyl sites for hydroxylation is 2. The van der Waals surface area contributed by atoms with Crippen LogP contribution < -0.4 is 0 Å². The van der Waals surface area contributed by atoms with E-state index in [9.17, 15) is 30.0 Å². The van der Waals surface area contributed by atoms with Gasteiger partial charge in [0, 0.05) is 34.7 Å². The van der Waals surface area contributed by atoms with Crippen LogP contribution in [0, 0.1) is 10.8 Å². The van der Waals surface area contributed by atoms with Crippen molar-refractivity contribution in [1.82, 2.24) is 0 Å². The predicted octanol–water partition coefficient (Wildman–Crippen LogP) is 6.36. The van der Waals surface area contributed by atoms with E-state index in [1.165, 1.54) is 12.4 Å². The number of carboxylic acids is 2. The van der Waals surface area contributed by atoms with Gasteiger partial charge in [0.1, 0.15) is 11.5 Å². The van der Waals surface area contributed by atoms with E-state index in [1.807, 2.05) is 53.7 Å². The molecule has 8 heteroatoms. The topological polar surface area (TPSA) is 140 Å². The summed E-state index contributed by atoms with van der Waals surface area (Å²) in [5.41, 5.74) is 4.79. The standard InChI is InChI=1S/C34H44N2O6/c1-33(2,3)29(31(39)40)35-17-21-15-19-11-7-9-13-23(19)25(27(21)37)26-24-14-10-8-12-20(24)16-22(28(26)38)18-36-30(32(41)42)34(4,5)6/h15-18,29-30,37-38H,7-14H2,1-6H3,(H,39,40)(H,41,42)/t29-,30-/m1/s1. The second-order valence-corrected chi connectivity index (χ2v) is 13.8. The third kappa shape index (κ3) is 6.37. The molecule has 0 fully saturated rings. The van der Waals surface area contributed by atoms with E-state index in [2.05, 4.69) is 9.98 Å².